The highest BCUT2D eigenvalue weighted by atomic mass is 16.5. The molecule has 3 rings (SSSR count). The fraction of sp³-hybridized carbons (Fsp3) is 0.294. The summed E-state index contributed by atoms with van der Waals surface area (Å²) >= 11 is 0. The number of hydrogen-bond donors (Lipinski definition) is 1. The van der Waals surface area contributed by atoms with Crippen molar-refractivity contribution in [2.24, 2.45) is 0 Å². The van der Waals surface area contributed by atoms with Crippen molar-refractivity contribution in [3.05, 3.63) is 53.6 Å². The van der Waals surface area contributed by atoms with Crippen molar-refractivity contribution in [2.45, 2.75) is 25.4 Å². The topological polar surface area (TPSA) is 29.5 Å². The number of fused-ring (bicyclic) bond motifs is 2. The zero-order valence-corrected chi connectivity index (χ0v) is 11.4. The van der Waals surface area contributed by atoms with E-state index in [0.29, 0.717) is 6.42 Å². The number of ether oxygens (including phenoxy) is 1. The Balaban J connectivity index is 2.13. The predicted molar refractivity (Wildman–Crippen MR) is 77.9 cm³/mol. The second-order valence-electron chi connectivity index (χ2n) is 5.58. The average Bonchev–Trinajstić information content (AvgIpc) is 2.37. The molecule has 0 fully saturated rings. The van der Waals surface area contributed by atoms with Crippen molar-refractivity contribution in [1.29, 1.82) is 0 Å². The van der Waals surface area contributed by atoms with Gasteiger partial charge in [0.15, 0.2) is 0 Å². The molecule has 0 heterocycles. The van der Waals surface area contributed by atoms with Crippen LogP contribution in [-0.2, 0) is 0 Å². The van der Waals surface area contributed by atoms with Gasteiger partial charge in [0.2, 0.25) is 0 Å². The molecule has 0 aliphatic heterocycles. The van der Waals surface area contributed by atoms with E-state index in [1.165, 1.54) is 16.7 Å². The molecule has 1 atom stereocenters. The monoisotopic (exact) mass is 254 g/mol. The normalized spacial score (nSPS) is 25.1. The Morgan fingerprint density at radius 2 is 2.11 bits per heavy atom. The van der Waals surface area contributed by atoms with Crippen LogP contribution in [0.1, 0.15) is 30.9 Å². The maximum Gasteiger partial charge on any atom is 0.119 e. The first kappa shape index (κ1) is 12.2. The molecule has 1 unspecified atom stereocenters. The molecule has 19 heavy (non-hydrogen) atoms. The van der Waals surface area contributed by atoms with Gasteiger partial charge in [0, 0.05) is 6.42 Å². The Labute approximate surface area is 113 Å². The molecule has 2 nitrogen and oxygen atoms in total. The molecule has 2 aliphatic rings. The quantitative estimate of drug-likeness (QED) is 0.830. The lowest BCUT2D eigenvalue weighted by Crippen LogP contribution is -2.25. The van der Waals surface area contributed by atoms with Gasteiger partial charge in [-0.1, -0.05) is 30.4 Å². The Morgan fingerprint density at radius 1 is 1.32 bits per heavy atom. The summed E-state index contributed by atoms with van der Waals surface area (Å²) in [6.45, 7) is 6.02. The highest BCUT2D eigenvalue weighted by molar-refractivity contribution is 5.91. The summed E-state index contributed by atoms with van der Waals surface area (Å²) in [5.74, 6) is 0.857. The molecular weight excluding hydrogens is 236 g/mol. The number of benzene rings is 1. The highest BCUT2D eigenvalue weighted by Crippen LogP contribution is 2.44. The zero-order chi connectivity index (χ0) is 13.6. The van der Waals surface area contributed by atoms with Gasteiger partial charge in [0.1, 0.15) is 5.75 Å². The van der Waals surface area contributed by atoms with E-state index in [0.717, 1.165) is 23.3 Å². The van der Waals surface area contributed by atoms with E-state index in [1.807, 2.05) is 31.2 Å². The Morgan fingerprint density at radius 3 is 2.84 bits per heavy atom. The van der Waals surface area contributed by atoms with E-state index in [1.54, 1.807) is 7.11 Å². The summed E-state index contributed by atoms with van der Waals surface area (Å²) in [6.07, 6.45) is 5.43. The maximum absolute atomic E-state index is 10.2. The zero-order valence-electron chi connectivity index (χ0n) is 11.4. The molecule has 2 aliphatic carbocycles. The Bertz CT molecular complexity index is 618. The van der Waals surface area contributed by atoms with Crippen molar-refractivity contribution in [1.82, 2.24) is 0 Å². The number of methoxy groups -OCH3 is 1. The smallest absolute Gasteiger partial charge is 0.119 e. The molecule has 0 saturated heterocycles. The highest BCUT2D eigenvalue weighted by Gasteiger charge is 2.29. The fourth-order valence-electron chi connectivity index (χ4n) is 2.94. The van der Waals surface area contributed by atoms with Crippen molar-refractivity contribution >= 4 is 11.1 Å². The SMILES string of the molecule is C=C1CC2=C(C=CC(C)(O)C2)c2ccc(OC)cc21. The lowest BCUT2D eigenvalue weighted by Gasteiger charge is -2.32. The first-order valence-electron chi connectivity index (χ1n) is 6.50. The van der Waals surface area contributed by atoms with Gasteiger partial charge < -0.3 is 9.84 Å². The minimum absolute atomic E-state index is 0.684. The molecule has 1 aromatic carbocycles. The van der Waals surface area contributed by atoms with Gasteiger partial charge in [-0.3, -0.25) is 0 Å². The third kappa shape index (κ3) is 2.02. The van der Waals surface area contributed by atoms with Gasteiger partial charge in [-0.2, -0.15) is 0 Å². The lowest BCUT2D eigenvalue weighted by molar-refractivity contribution is 0.111. The van der Waals surface area contributed by atoms with Gasteiger partial charge in [-0.05, 0) is 47.8 Å². The largest absolute Gasteiger partial charge is 0.497 e. The molecule has 0 bridgehead atoms. The van der Waals surface area contributed by atoms with Crippen LogP contribution in [0.25, 0.3) is 11.1 Å². The van der Waals surface area contributed by atoms with Crippen molar-refractivity contribution in [3.8, 4) is 5.75 Å². The summed E-state index contributed by atoms with van der Waals surface area (Å²) in [5, 5.41) is 10.2. The van der Waals surface area contributed by atoms with Crippen molar-refractivity contribution < 1.29 is 9.84 Å². The van der Waals surface area contributed by atoms with Gasteiger partial charge >= 0.3 is 0 Å². The summed E-state index contributed by atoms with van der Waals surface area (Å²) in [4.78, 5) is 0. The van der Waals surface area contributed by atoms with E-state index in [4.69, 9.17) is 4.74 Å². The second-order valence-corrected chi connectivity index (χ2v) is 5.58. The van der Waals surface area contributed by atoms with Crippen LogP contribution in [0, 0.1) is 0 Å². The van der Waals surface area contributed by atoms with Gasteiger partial charge in [0.05, 0.1) is 12.7 Å². The number of allylic oxidation sites excluding steroid dienone is 3. The standard InChI is InChI=1S/C17H18O2/c1-11-8-12-10-17(2,18)7-6-14(12)15-5-4-13(19-3)9-16(11)15/h4-7,9,18H,1,8,10H2,2-3H3. The van der Waals surface area contributed by atoms with Crippen LogP contribution >= 0.6 is 0 Å². The van der Waals surface area contributed by atoms with Crippen molar-refractivity contribution in [3.63, 3.8) is 0 Å². The molecule has 0 aromatic heterocycles. The van der Waals surface area contributed by atoms with E-state index in [9.17, 15) is 5.11 Å². The molecule has 0 radical (unpaired) electrons. The summed E-state index contributed by atoms with van der Waals surface area (Å²) < 4.78 is 5.28. The molecule has 0 spiro atoms. The van der Waals surface area contributed by atoms with Gasteiger partial charge in [-0.15, -0.1) is 0 Å². The van der Waals surface area contributed by atoms with Crippen LogP contribution in [0.5, 0.6) is 5.75 Å². The minimum Gasteiger partial charge on any atom is -0.497 e. The van der Waals surface area contributed by atoms with Gasteiger partial charge in [-0.25, -0.2) is 0 Å². The van der Waals surface area contributed by atoms with Crippen LogP contribution < -0.4 is 4.74 Å². The minimum atomic E-state index is -0.733. The first-order valence-corrected chi connectivity index (χ1v) is 6.50. The third-order valence-corrected chi connectivity index (χ3v) is 3.89. The number of hydrogen-bond acceptors (Lipinski definition) is 2. The van der Waals surface area contributed by atoms with Crippen LogP contribution in [0.15, 0.2) is 42.5 Å². The fourth-order valence-corrected chi connectivity index (χ4v) is 2.94. The Hall–Kier alpha value is -1.80. The molecular formula is C17H18O2. The molecule has 0 amide bonds. The lowest BCUT2D eigenvalue weighted by atomic mass is 9.76. The van der Waals surface area contributed by atoms with E-state index < -0.39 is 5.60 Å². The summed E-state index contributed by atoms with van der Waals surface area (Å²) in [5.41, 5.74) is 5.22. The first-order chi connectivity index (χ1) is 9.00. The van der Waals surface area contributed by atoms with Crippen LogP contribution in [0.4, 0.5) is 0 Å². The van der Waals surface area contributed by atoms with E-state index >= 15 is 0 Å². The predicted octanol–water partition coefficient (Wildman–Crippen LogP) is 3.58. The van der Waals surface area contributed by atoms with Crippen LogP contribution in [0.3, 0.4) is 0 Å². The Kier molecular flexibility index (Phi) is 2.64. The molecule has 98 valence electrons. The van der Waals surface area contributed by atoms with Crippen molar-refractivity contribution in [2.75, 3.05) is 7.11 Å². The van der Waals surface area contributed by atoms with Crippen LogP contribution in [-0.4, -0.2) is 17.8 Å². The second kappa shape index (κ2) is 4.10. The maximum atomic E-state index is 10.2. The summed E-state index contributed by atoms with van der Waals surface area (Å²) in [6, 6.07) is 6.10. The number of aliphatic hydroxyl groups is 1. The van der Waals surface area contributed by atoms with E-state index in [2.05, 4.69) is 12.6 Å². The summed E-state index contributed by atoms with van der Waals surface area (Å²) in [7, 11) is 1.68. The molecule has 2 heteroatoms. The molecule has 1 N–H and O–H groups in total. The third-order valence-electron chi connectivity index (χ3n) is 3.89. The average molecular weight is 254 g/mol. The van der Waals surface area contributed by atoms with Gasteiger partial charge in [0.25, 0.3) is 0 Å². The van der Waals surface area contributed by atoms with E-state index in [-0.39, 0.29) is 0 Å². The van der Waals surface area contributed by atoms with Crippen LogP contribution in [0.2, 0.25) is 0 Å². The molecule has 1 aromatic rings. The molecule has 0 saturated carbocycles. The number of rotatable bonds is 1.